The summed E-state index contributed by atoms with van der Waals surface area (Å²) in [4.78, 5) is 14.4. The number of aromatic nitrogens is 2. The molecule has 0 bridgehead atoms. The van der Waals surface area contributed by atoms with Gasteiger partial charge in [-0.2, -0.15) is 4.98 Å². The summed E-state index contributed by atoms with van der Waals surface area (Å²) in [5.41, 5.74) is 3.15. The van der Waals surface area contributed by atoms with Gasteiger partial charge in [-0.25, -0.2) is 9.37 Å². The average Bonchev–Trinajstić information content (AvgIpc) is 3.33. The number of hydrogen-bond donors (Lipinski definition) is 0. The Morgan fingerprint density at radius 2 is 1.82 bits per heavy atom. The Labute approximate surface area is 198 Å². The minimum atomic E-state index is -0.332. The van der Waals surface area contributed by atoms with Crippen molar-refractivity contribution < 1.29 is 18.6 Å². The summed E-state index contributed by atoms with van der Waals surface area (Å²) in [6.45, 7) is 4.49. The van der Waals surface area contributed by atoms with E-state index in [0.717, 1.165) is 73.8 Å². The molecule has 1 saturated heterocycles. The summed E-state index contributed by atoms with van der Waals surface area (Å²) < 4.78 is 31.0. The lowest BCUT2D eigenvalue weighted by atomic mass is 10.1. The molecule has 1 fully saturated rings. The zero-order chi connectivity index (χ0) is 22.9. The van der Waals surface area contributed by atoms with Gasteiger partial charge >= 0.3 is 0 Å². The minimum Gasteiger partial charge on any atom is -0.454 e. The number of benzene rings is 2. The van der Waals surface area contributed by atoms with Crippen LogP contribution in [0.3, 0.4) is 0 Å². The zero-order valence-electron chi connectivity index (χ0n) is 19.0. The van der Waals surface area contributed by atoms with Crippen molar-refractivity contribution in [2.75, 3.05) is 31.3 Å². The van der Waals surface area contributed by atoms with Gasteiger partial charge in [0.05, 0.1) is 11.3 Å². The van der Waals surface area contributed by atoms with Gasteiger partial charge in [0.15, 0.2) is 11.5 Å². The van der Waals surface area contributed by atoms with Crippen LogP contribution < -0.4 is 19.1 Å². The Morgan fingerprint density at radius 3 is 2.71 bits per heavy atom. The molecule has 0 aliphatic carbocycles. The number of fused-ring (bicyclic) bond motifs is 2. The first-order valence-corrected chi connectivity index (χ1v) is 11.9. The van der Waals surface area contributed by atoms with E-state index in [0.29, 0.717) is 24.1 Å². The number of ether oxygens (including phenoxy) is 3. The second kappa shape index (κ2) is 9.10. The maximum Gasteiger partial charge on any atom is 0.231 e. The van der Waals surface area contributed by atoms with E-state index in [4.69, 9.17) is 24.2 Å². The molecular formula is C26H27FN4O3. The van der Waals surface area contributed by atoms with E-state index in [1.807, 2.05) is 12.1 Å². The highest BCUT2D eigenvalue weighted by molar-refractivity contribution is 5.46. The van der Waals surface area contributed by atoms with Gasteiger partial charge in [0.25, 0.3) is 0 Å². The van der Waals surface area contributed by atoms with Gasteiger partial charge < -0.3 is 19.1 Å². The lowest BCUT2D eigenvalue weighted by Crippen LogP contribution is -2.34. The number of nitrogens with zero attached hydrogens (tertiary/aromatic N) is 4. The van der Waals surface area contributed by atoms with Crippen molar-refractivity contribution in [3.63, 3.8) is 0 Å². The monoisotopic (exact) mass is 462 g/mol. The van der Waals surface area contributed by atoms with E-state index in [1.165, 1.54) is 18.6 Å². The fraction of sp³-hybridized carbons (Fsp3) is 0.385. The molecule has 0 unspecified atom stereocenters. The van der Waals surface area contributed by atoms with Crippen molar-refractivity contribution in [3.8, 4) is 23.1 Å². The van der Waals surface area contributed by atoms with Crippen LogP contribution in [0.2, 0.25) is 0 Å². The highest BCUT2D eigenvalue weighted by Crippen LogP contribution is 2.35. The Hall–Kier alpha value is -3.39. The first-order chi connectivity index (χ1) is 16.7. The number of rotatable bonds is 5. The van der Waals surface area contributed by atoms with Gasteiger partial charge in [0.1, 0.15) is 11.6 Å². The van der Waals surface area contributed by atoms with Crippen LogP contribution in [0.25, 0.3) is 0 Å². The molecule has 3 aliphatic rings. The van der Waals surface area contributed by atoms with Crippen molar-refractivity contribution in [2.45, 2.75) is 38.8 Å². The summed E-state index contributed by atoms with van der Waals surface area (Å²) in [6, 6.07) is 12.3. The van der Waals surface area contributed by atoms with Crippen molar-refractivity contribution in [2.24, 2.45) is 0 Å². The molecule has 8 heteroatoms. The molecular weight excluding hydrogens is 435 g/mol. The summed E-state index contributed by atoms with van der Waals surface area (Å²) >= 11 is 0. The van der Waals surface area contributed by atoms with Crippen molar-refractivity contribution in [1.29, 1.82) is 0 Å². The van der Waals surface area contributed by atoms with Crippen molar-refractivity contribution >= 4 is 5.95 Å². The third-order valence-corrected chi connectivity index (χ3v) is 6.58. The Morgan fingerprint density at radius 1 is 0.941 bits per heavy atom. The fourth-order valence-electron chi connectivity index (χ4n) is 4.82. The molecule has 3 aliphatic heterocycles. The number of piperidine rings is 1. The molecule has 176 valence electrons. The van der Waals surface area contributed by atoms with Gasteiger partial charge in [0, 0.05) is 45.2 Å². The second-order valence-electron chi connectivity index (χ2n) is 9.01. The maximum atomic E-state index is 13.8. The first-order valence-electron chi connectivity index (χ1n) is 11.9. The van der Waals surface area contributed by atoms with E-state index in [2.05, 4.69) is 15.9 Å². The molecule has 0 saturated carbocycles. The molecule has 3 aromatic rings. The number of halogens is 1. The van der Waals surface area contributed by atoms with Crippen LogP contribution in [-0.4, -0.2) is 41.3 Å². The Bertz CT molecular complexity index is 1200. The van der Waals surface area contributed by atoms with Gasteiger partial charge in [-0.3, -0.25) is 4.90 Å². The number of hydrogen-bond acceptors (Lipinski definition) is 7. The van der Waals surface area contributed by atoms with E-state index in [9.17, 15) is 4.39 Å². The van der Waals surface area contributed by atoms with E-state index < -0.39 is 0 Å². The van der Waals surface area contributed by atoms with Crippen molar-refractivity contribution in [3.05, 3.63) is 65.1 Å². The SMILES string of the molecule is Fc1cccc(Oc2nc(N3CCCCC3)nc3c2CN(Cc2ccc4c(c2)OCO4)CC3)c1. The van der Waals surface area contributed by atoms with Crippen LogP contribution in [0, 0.1) is 5.82 Å². The normalized spacial score (nSPS) is 17.5. The molecule has 4 heterocycles. The zero-order valence-corrected chi connectivity index (χ0v) is 19.0. The van der Waals surface area contributed by atoms with Gasteiger partial charge in [-0.15, -0.1) is 0 Å². The summed E-state index contributed by atoms with van der Waals surface area (Å²) in [6.07, 6.45) is 4.33. The Kier molecular flexibility index (Phi) is 5.66. The predicted octanol–water partition coefficient (Wildman–Crippen LogP) is 4.69. The van der Waals surface area contributed by atoms with Gasteiger partial charge in [-0.05, 0) is 49.1 Å². The van der Waals surface area contributed by atoms with Gasteiger partial charge in [-0.1, -0.05) is 12.1 Å². The summed E-state index contributed by atoms with van der Waals surface area (Å²) in [5.74, 6) is 2.93. The van der Waals surface area contributed by atoms with E-state index in [-0.39, 0.29) is 12.6 Å². The van der Waals surface area contributed by atoms with Crippen LogP contribution in [0.1, 0.15) is 36.1 Å². The third-order valence-electron chi connectivity index (χ3n) is 6.58. The van der Waals surface area contributed by atoms with Crippen LogP contribution in [0.5, 0.6) is 23.1 Å². The molecule has 1 aromatic heterocycles. The number of anilines is 1. The molecule has 0 amide bonds. The quantitative estimate of drug-likeness (QED) is 0.545. The lowest BCUT2D eigenvalue weighted by Gasteiger charge is -2.32. The van der Waals surface area contributed by atoms with Gasteiger partial charge in [0.2, 0.25) is 18.6 Å². The molecule has 0 spiro atoms. The molecule has 34 heavy (non-hydrogen) atoms. The molecule has 0 radical (unpaired) electrons. The highest BCUT2D eigenvalue weighted by Gasteiger charge is 2.26. The lowest BCUT2D eigenvalue weighted by molar-refractivity contribution is 0.174. The maximum absolute atomic E-state index is 13.8. The van der Waals surface area contributed by atoms with Crippen molar-refractivity contribution in [1.82, 2.24) is 14.9 Å². The first kappa shape index (κ1) is 21.2. The summed E-state index contributed by atoms with van der Waals surface area (Å²) in [7, 11) is 0. The van der Waals surface area contributed by atoms with E-state index in [1.54, 1.807) is 12.1 Å². The van der Waals surface area contributed by atoms with Crippen LogP contribution in [0.4, 0.5) is 10.3 Å². The standard InChI is InChI=1S/C26H27FN4O3/c27-19-5-4-6-20(14-19)34-25-21-16-30(15-18-7-8-23-24(13-18)33-17-32-23)12-9-22(21)28-26(29-25)31-10-2-1-3-11-31/h4-8,13-14H,1-3,9-12,15-17H2. The molecule has 0 atom stereocenters. The Balaban J connectivity index is 1.29. The molecule has 2 aromatic carbocycles. The molecule has 7 nitrogen and oxygen atoms in total. The summed E-state index contributed by atoms with van der Waals surface area (Å²) in [5, 5.41) is 0. The second-order valence-corrected chi connectivity index (χ2v) is 9.01. The van der Waals surface area contributed by atoms with Crippen LogP contribution in [0.15, 0.2) is 42.5 Å². The molecule has 6 rings (SSSR count). The highest BCUT2D eigenvalue weighted by atomic mass is 19.1. The predicted molar refractivity (Wildman–Crippen MR) is 125 cm³/mol. The molecule has 0 N–H and O–H groups in total. The third kappa shape index (κ3) is 4.37. The van der Waals surface area contributed by atoms with Crippen LogP contribution in [-0.2, 0) is 19.5 Å². The largest absolute Gasteiger partial charge is 0.454 e. The minimum absolute atomic E-state index is 0.271. The fourth-order valence-corrected chi connectivity index (χ4v) is 4.82. The van der Waals surface area contributed by atoms with Crippen LogP contribution >= 0.6 is 0 Å². The smallest absolute Gasteiger partial charge is 0.231 e. The average molecular weight is 463 g/mol. The topological polar surface area (TPSA) is 60.0 Å². The van der Waals surface area contributed by atoms with E-state index >= 15 is 0 Å².